The van der Waals surface area contributed by atoms with Crippen molar-refractivity contribution in [2.45, 2.75) is 44.6 Å². The number of nitrogens with zero attached hydrogens (tertiary/aromatic N) is 1. The lowest BCUT2D eigenvalue weighted by molar-refractivity contribution is -0.127. The van der Waals surface area contributed by atoms with Crippen LogP contribution in [0.1, 0.15) is 38.5 Å². The van der Waals surface area contributed by atoms with Crippen molar-refractivity contribution in [1.29, 1.82) is 0 Å². The van der Waals surface area contributed by atoms with E-state index in [0.717, 1.165) is 38.3 Å². The number of hydrogen-bond acceptors (Lipinski definition) is 2. The number of benzene rings is 1. The van der Waals surface area contributed by atoms with Gasteiger partial charge in [0.15, 0.2) is 0 Å². The van der Waals surface area contributed by atoms with Gasteiger partial charge in [-0.25, -0.2) is 0 Å². The van der Waals surface area contributed by atoms with E-state index < -0.39 is 0 Å². The smallest absolute Gasteiger partial charge is 0.223 e. The zero-order chi connectivity index (χ0) is 14.9. The Kier molecular flexibility index (Phi) is 3.81. The number of piperidine rings is 1. The van der Waals surface area contributed by atoms with Crippen molar-refractivity contribution in [2.24, 2.45) is 17.8 Å². The number of anilines is 1. The van der Waals surface area contributed by atoms with Crippen LogP contribution in [0.4, 0.5) is 5.69 Å². The summed E-state index contributed by atoms with van der Waals surface area (Å²) in [6.07, 6.45) is 7.38. The summed E-state index contributed by atoms with van der Waals surface area (Å²) in [5.74, 6) is 2.17. The van der Waals surface area contributed by atoms with Crippen molar-refractivity contribution in [1.82, 2.24) is 5.32 Å². The Morgan fingerprint density at radius 3 is 2.68 bits per heavy atom. The van der Waals surface area contributed by atoms with Gasteiger partial charge in [-0.05, 0) is 56.1 Å². The number of fused-ring (bicyclic) bond motifs is 2. The van der Waals surface area contributed by atoms with E-state index in [2.05, 4.69) is 40.5 Å². The molecular weight excluding hydrogens is 272 g/mol. The fourth-order valence-electron chi connectivity index (χ4n) is 4.84. The molecule has 3 aliphatic rings. The molecule has 3 fully saturated rings. The zero-order valence-corrected chi connectivity index (χ0v) is 13.2. The van der Waals surface area contributed by atoms with Gasteiger partial charge in [0, 0.05) is 30.7 Å². The number of rotatable bonds is 3. The van der Waals surface area contributed by atoms with Gasteiger partial charge in [0.25, 0.3) is 0 Å². The molecule has 1 aromatic rings. The highest BCUT2D eigenvalue weighted by Crippen LogP contribution is 2.48. The third kappa shape index (κ3) is 2.73. The second kappa shape index (κ2) is 5.94. The molecule has 118 valence electrons. The van der Waals surface area contributed by atoms with Gasteiger partial charge in [0.05, 0.1) is 0 Å². The zero-order valence-electron chi connectivity index (χ0n) is 13.2. The molecule has 1 saturated heterocycles. The predicted octanol–water partition coefficient (Wildman–Crippen LogP) is 3.21. The summed E-state index contributed by atoms with van der Waals surface area (Å²) < 4.78 is 0. The first-order valence-corrected chi connectivity index (χ1v) is 8.90. The molecule has 4 rings (SSSR count). The lowest BCUT2D eigenvalue weighted by atomic mass is 9.88. The summed E-state index contributed by atoms with van der Waals surface area (Å²) in [5.41, 5.74) is 1.28. The minimum absolute atomic E-state index is 0.311. The Bertz CT molecular complexity index is 529. The van der Waals surface area contributed by atoms with Crippen LogP contribution >= 0.6 is 0 Å². The third-order valence-electron chi connectivity index (χ3n) is 5.96. The van der Waals surface area contributed by atoms with E-state index in [-0.39, 0.29) is 0 Å². The SMILES string of the molecule is O=C(N[C@H]1CCCN(c2ccccc2)C1)C1CC2CCC1C2. The van der Waals surface area contributed by atoms with Crippen LogP contribution in [0.3, 0.4) is 0 Å². The highest BCUT2D eigenvalue weighted by atomic mass is 16.2. The number of carbonyl (C=O) groups excluding carboxylic acids is 1. The van der Waals surface area contributed by atoms with Crippen LogP contribution in [-0.4, -0.2) is 25.0 Å². The maximum atomic E-state index is 12.6. The summed E-state index contributed by atoms with van der Waals surface area (Å²) in [6, 6.07) is 10.9. The average molecular weight is 298 g/mol. The van der Waals surface area contributed by atoms with Gasteiger partial charge in [-0.2, -0.15) is 0 Å². The van der Waals surface area contributed by atoms with Crippen LogP contribution in [0.15, 0.2) is 30.3 Å². The van der Waals surface area contributed by atoms with Crippen LogP contribution in [0.5, 0.6) is 0 Å². The maximum absolute atomic E-state index is 12.6. The van der Waals surface area contributed by atoms with Crippen molar-refractivity contribution in [3.63, 3.8) is 0 Å². The molecular formula is C19H26N2O. The minimum atomic E-state index is 0.311. The van der Waals surface area contributed by atoms with E-state index in [1.807, 2.05) is 0 Å². The van der Waals surface area contributed by atoms with E-state index >= 15 is 0 Å². The second-order valence-corrected chi connectivity index (χ2v) is 7.41. The quantitative estimate of drug-likeness (QED) is 0.929. The molecule has 3 nitrogen and oxygen atoms in total. The molecule has 1 aromatic carbocycles. The molecule has 3 heteroatoms. The normalized spacial score (nSPS) is 33.9. The van der Waals surface area contributed by atoms with Crippen molar-refractivity contribution < 1.29 is 4.79 Å². The molecule has 4 atom stereocenters. The van der Waals surface area contributed by atoms with Crippen LogP contribution < -0.4 is 10.2 Å². The summed E-state index contributed by atoms with van der Waals surface area (Å²) in [5, 5.41) is 3.36. The first-order chi connectivity index (χ1) is 10.8. The predicted molar refractivity (Wildman–Crippen MR) is 88.8 cm³/mol. The molecule has 22 heavy (non-hydrogen) atoms. The molecule has 0 aromatic heterocycles. The van der Waals surface area contributed by atoms with Gasteiger partial charge in [0.1, 0.15) is 0 Å². The molecule has 1 aliphatic heterocycles. The third-order valence-corrected chi connectivity index (χ3v) is 5.96. The lowest BCUT2D eigenvalue weighted by Crippen LogP contribution is -2.49. The monoisotopic (exact) mass is 298 g/mol. The largest absolute Gasteiger partial charge is 0.369 e. The van der Waals surface area contributed by atoms with Gasteiger partial charge in [-0.3, -0.25) is 4.79 Å². The lowest BCUT2D eigenvalue weighted by Gasteiger charge is -2.35. The van der Waals surface area contributed by atoms with E-state index in [9.17, 15) is 4.79 Å². The number of amides is 1. The Morgan fingerprint density at radius 2 is 1.95 bits per heavy atom. The average Bonchev–Trinajstić information content (AvgIpc) is 3.19. The van der Waals surface area contributed by atoms with Gasteiger partial charge in [-0.15, -0.1) is 0 Å². The molecule has 1 N–H and O–H groups in total. The highest BCUT2D eigenvalue weighted by Gasteiger charge is 2.43. The first-order valence-electron chi connectivity index (χ1n) is 8.90. The molecule has 0 radical (unpaired) electrons. The summed E-state index contributed by atoms with van der Waals surface area (Å²) in [7, 11) is 0. The number of carbonyl (C=O) groups is 1. The molecule has 1 amide bonds. The van der Waals surface area contributed by atoms with Crippen molar-refractivity contribution in [3.05, 3.63) is 30.3 Å². The molecule has 3 unspecified atom stereocenters. The molecule has 2 aliphatic carbocycles. The van der Waals surface area contributed by atoms with E-state index in [0.29, 0.717) is 23.8 Å². The van der Waals surface area contributed by atoms with Crippen LogP contribution in [0.25, 0.3) is 0 Å². The Hall–Kier alpha value is -1.51. The van der Waals surface area contributed by atoms with Gasteiger partial charge in [-0.1, -0.05) is 24.6 Å². The number of hydrogen-bond donors (Lipinski definition) is 1. The van der Waals surface area contributed by atoms with E-state index in [4.69, 9.17) is 0 Å². The molecule has 1 heterocycles. The topological polar surface area (TPSA) is 32.3 Å². The Balaban J connectivity index is 1.36. The van der Waals surface area contributed by atoms with Crippen LogP contribution in [0.2, 0.25) is 0 Å². The van der Waals surface area contributed by atoms with Gasteiger partial charge < -0.3 is 10.2 Å². The maximum Gasteiger partial charge on any atom is 0.223 e. The van der Waals surface area contributed by atoms with E-state index in [1.54, 1.807) is 0 Å². The fraction of sp³-hybridized carbons (Fsp3) is 0.632. The van der Waals surface area contributed by atoms with Crippen LogP contribution in [-0.2, 0) is 4.79 Å². The standard InChI is InChI=1S/C19H26N2O/c22-19(18-12-14-8-9-15(18)11-14)20-16-5-4-10-21(13-16)17-6-2-1-3-7-17/h1-3,6-7,14-16,18H,4-5,8-13H2,(H,20,22)/t14?,15?,16-,18?/m0/s1. The summed E-state index contributed by atoms with van der Waals surface area (Å²) in [4.78, 5) is 15.0. The summed E-state index contributed by atoms with van der Waals surface area (Å²) >= 11 is 0. The Labute approximate surface area is 133 Å². The minimum Gasteiger partial charge on any atom is -0.369 e. The Morgan fingerprint density at radius 1 is 1.09 bits per heavy atom. The van der Waals surface area contributed by atoms with E-state index in [1.165, 1.54) is 24.9 Å². The van der Waals surface area contributed by atoms with Crippen molar-refractivity contribution in [3.8, 4) is 0 Å². The van der Waals surface area contributed by atoms with Gasteiger partial charge in [0.2, 0.25) is 5.91 Å². The van der Waals surface area contributed by atoms with Crippen LogP contribution in [0, 0.1) is 17.8 Å². The highest BCUT2D eigenvalue weighted by molar-refractivity contribution is 5.80. The molecule has 2 bridgehead atoms. The summed E-state index contributed by atoms with van der Waals surface area (Å²) in [6.45, 7) is 2.06. The first kappa shape index (κ1) is 14.1. The second-order valence-electron chi connectivity index (χ2n) is 7.41. The fourth-order valence-corrected chi connectivity index (χ4v) is 4.84. The van der Waals surface area contributed by atoms with Crippen molar-refractivity contribution >= 4 is 11.6 Å². The molecule has 0 spiro atoms. The number of nitrogens with one attached hydrogen (secondary N) is 1. The molecule has 2 saturated carbocycles. The van der Waals surface area contributed by atoms with Gasteiger partial charge >= 0.3 is 0 Å². The van der Waals surface area contributed by atoms with Crippen molar-refractivity contribution in [2.75, 3.05) is 18.0 Å². The number of para-hydroxylation sites is 1.